The molecule has 1 atom stereocenters. The SMILES string of the molecule is O=C(COc1ccnc(C(F)(F)F)n1)N1CCC(c2nc(C3=NOC(c4c(Cl)cccc4Cl)C3)cs2)CC1. The molecule has 0 radical (unpaired) electrons. The highest BCUT2D eigenvalue weighted by molar-refractivity contribution is 7.10. The van der Waals surface area contributed by atoms with Crippen molar-refractivity contribution in [1.29, 1.82) is 0 Å². The number of amides is 1. The summed E-state index contributed by atoms with van der Waals surface area (Å²) in [6.45, 7) is 0.559. The van der Waals surface area contributed by atoms with Gasteiger partial charge in [-0.2, -0.15) is 18.2 Å². The minimum Gasteiger partial charge on any atom is -0.467 e. The van der Waals surface area contributed by atoms with Gasteiger partial charge in [0.2, 0.25) is 11.7 Å². The highest BCUT2D eigenvalue weighted by Crippen LogP contribution is 2.39. The lowest BCUT2D eigenvalue weighted by Gasteiger charge is -2.31. The molecule has 1 saturated heterocycles. The Bertz CT molecular complexity index is 1340. The van der Waals surface area contributed by atoms with Crippen LogP contribution in [0.5, 0.6) is 5.88 Å². The lowest BCUT2D eigenvalue weighted by molar-refractivity contribution is -0.145. The monoisotopic (exact) mass is 585 g/mol. The summed E-state index contributed by atoms with van der Waals surface area (Å²) in [5.74, 6) is -1.77. The smallest absolute Gasteiger partial charge is 0.451 e. The number of benzene rings is 1. The van der Waals surface area contributed by atoms with E-state index in [1.54, 1.807) is 23.1 Å². The normalized spacial score (nSPS) is 18.3. The van der Waals surface area contributed by atoms with Gasteiger partial charge in [-0.1, -0.05) is 34.4 Å². The molecule has 1 aromatic carbocycles. The average molecular weight is 586 g/mol. The van der Waals surface area contributed by atoms with Crippen molar-refractivity contribution in [2.75, 3.05) is 19.7 Å². The van der Waals surface area contributed by atoms with Gasteiger partial charge < -0.3 is 14.5 Å². The summed E-state index contributed by atoms with van der Waals surface area (Å²) in [4.78, 5) is 31.0. The van der Waals surface area contributed by atoms with Crippen molar-refractivity contribution in [2.24, 2.45) is 5.16 Å². The topological polar surface area (TPSA) is 89.8 Å². The lowest BCUT2D eigenvalue weighted by Crippen LogP contribution is -2.40. The van der Waals surface area contributed by atoms with Crippen molar-refractivity contribution in [3.63, 3.8) is 0 Å². The van der Waals surface area contributed by atoms with Crippen molar-refractivity contribution in [3.05, 3.63) is 68.0 Å². The molecule has 8 nitrogen and oxygen atoms in total. The molecule has 0 spiro atoms. The number of rotatable bonds is 6. The van der Waals surface area contributed by atoms with Crippen molar-refractivity contribution in [2.45, 2.75) is 37.5 Å². The van der Waals surface area contributed by atoms with Crippen LogP contribution in [0.15, 0.2) is 41.0 Å². The van der Waals surface area contributed by atoms with Crippen molar-refractivity contribution >= 4 is 46.2 Å². The lowest BCUT2D eigenvalue weighted by atomic mass is 9.97. The number of oxime groups is 1. The van der Waals surface area contributed by atoms with E-state index in [-0.39, 0.29) is 23.8 Å². The fraction of sp³-hybridized carbons (Fsp3) is 0.375. The summed E-state index contributed by atoms with van der Waals surface area (Å²) in [6, 6.07) is 6.47. The number of hydrogen-bond donors (Lipinski definition) is 0. The fourth-order valence-electron chi connectivity index (χ4n) is 4.27. The summed E-state index contributed by atoms with van der Waals surface area (Å²) >= 11 is 14.1. The van der Waals surface area contributed by atoms with E-state index >= 15 is 0 Å². The Morgan fingerprint density at radius 2 is 1.89 bits per heavy atom. The molecule has 38 heavy (non-hydrogen) atoms. The van der Waals surface area contributed by atoms with Crippen LogP contribution in [0, 0.1) is 0 Å². The first-order valence-electron chi connectivity index (χ1n) is 11.6. The van der Waals surface area contributed by atoms with Gasteiger partial charge in [-0.3, -0.25) is 4.79 Å². The fourth-order valence-corrected chi connectivity index (χ4v) is 5.91. The van der Waals surface area contributed by atoms with Gasteiger partial charge in [0.1, 0.15) is 5.71 Å². The van der Waals surface area contributed by atoms with Crippen LogP contribution >= 0.6 is 34.5 Å². The van der Waals surface area contributed by atoms with Crippen LogP contribution in [-0.2, 0) is 15.8 Å². The molecule has 2 aliphatic rings. The van der Waals surface area contributed by atoms with Crippen molar-refractivity contribution < 1.29 is 27.5 Å². The Morgan fingerprint density at radius 1 is 1.16 bits per heavy atom. The van der Waals surface area contributed by atoms with Crippen LogP contribution < -0.4 is 4.74 Å². The number of alkyl halides is 3. The maximum Gasteiger partial charge on any atom is 0.451 e. The molecular weight excluding hydrogens is 566 g/mol. The highest BCUT2D eigenvalue weighted by Gasteiger charge is 2.35. The average Bonchev–Trinajstić information content (AvgIpc) is 3.57. The second-order valence-corrected chi connectivity index (χ2v) is 10.4. The van der Waals surface area contributed by atoms with Crippen LogP contribution in [0.3, 0.4) is 0 Å². The molecule has 200 valence electrons. The second kappa shape index (κ2) is 11.0. The number of carbonyl (C=O) groups excluding carboxylic acids is 1. The van der Waals surface area contributed by atoms with Gasteiger partial charge >= 0.3 is 6.18 Å². The minimum absolute atomic E-state index is 0.173. The molecule has 5 rings (SSSR count). The van der Waals surface area contributed by atoms with E-state index in [0.717, 1.165) is 22.6 Å². The van der Waals surface area contributed by atoms with Crippen molar-refractivity contribution in [1.82, 2.24) is 19.9 Å². The molecular formula is C24H20Cl2F3N5O3S. The summed E-state index contributed by atoms with van der Waals surface area (Å²) in [7, 11) is 0. The number of nitrogens with zero attached hydrogens (tertiary/aromatic N) is 5. The minimum atomic E-state index is -4.69. The second-order valence-electron chi connectivity index (χ2n) is 8.70. The van der Waals surface area contributed by atoms with Gasteiger partial charge in [0, 0.05) is 58.7 Å². The number of piperidine rings is 1. The summed E-state index contributed by atoms with van der Waals surface area (Å²) in [6.07, 6.45) is -2.23. The zero-order valence-electron chi connectivity index (χ0n) is 19.6. The molecule has 0 N–H and O–H groups in total. The van der Waals surface area contributed by atoms with Crippen LogP contribution in [0.2, 0.25) is 10.0 Å². The molecule has 1 unspecified atom stereocenters. The third-order valence-electron chi connectivity index (χ3n) is 6.23. The molecule has 3 aromatic rings. The van der Waals surface area contributed by atoms with Crippen LogP contribution in [0.4, 0.5) is 13.2 Å². The molecule has 0 bridgehead atoms. The first kappa shape index (κ1) is 26.6. The number of carbonyl (C=O) groups is 1. The summed E-state index contributed by atoms with van der Waals surface area (Å²) in [5.41, 5.74) is 2.16. The third kappa shape index (κ3) is 5.87. The molecule has 0 saturated carbocycles. The third-order valence-corrected chi connectivity index (χ3v) is 7.90. The number of hydrogen-bond acceptors (Lipinski definition) is 8. The number of ether oxygens (including phenoxy) is 1. The predicted octanol–water partition coefficient (Wildman–Crippen LogP) is 5.91. The van der Waals surface area contributed by atoms with E-state index in [1.807, 2.05) is 5.38 Å². The molecule has 1 amide bonds. The molecule has 14 heteroatoms. The summed E-state index contributed by atoms with van der Waals surface area (Å²) < 4.78 is 43.5. The Kier molecular flexibility index (Phi) is 7.73. The van der Waals surface area contributed by atoms with E-state index in [2.05, 4.69) is 15.1 Å². The van der Waals surface area contributed by atoms with Crippen LogP contribution in [0.1, 0.15) is 53.4 Å². The largest absolute Gasteiger partial charge is 0.467 e. The van der Waals surface area contributed by atoms with Gasteiger partial charge in [-0.15, -0.1) is 11.3 Å². The molecule has 1 fully saturated rings. The van der Waals surface area contributed by atoms with Crippen LogP contribution in [0.25, 0.3) is 0 Å². The molecule has 4 heterocycles. The number of aromatic nitrogens is 3. The maximum absolute atomic E-state index is 12.8. The van der Waals surface area contributed by atoms with Gasteiger partial charge in [-0.25, -0.2) is 9.97 Å². The van der Waals surface area contributed by atoms with Crippen molar-refractivity contribution in [3.8, 4) is 5.88 Å². The Balaban J connectivity index is 1.13. The first-order valence-corrected chi connectivity index (χ1v) is 13.3. The number of halogens is 5. The van der Waals surface area contributed by atoms with E-state index < -0.39 is 18.6 Å². The Hall–Kier alpha value is -2.96. The van der Waals surface area contributed by atoms with E-state index in [0.29, 0.717) is 48.0 Å². The molecule has 2 aliphatic heterocycles. The molecule has 0 aliphatic carbocycles. The first-order chi connectivity index (χ1) is 18.2. The quantitative estimate of drug-likeness (QED) is 0.357. The van der Waals surface area contributed by atoms with Gasteiger partial charge in [0.15, 0.2) is 12.7 Å². The van der Waals surface area contributed by atoms with Crippen LogP contribution in [-0.4, -0.2) is 51.2 Å². The van der Waals surface area contributed by atoms with E-state index in [9.17, 15) is 18.0 Å². The number of likely N-dealkylation sites (tertiary alicyclic amines) is 1. The summed E-state index contributed by atoms with van der Waals surface area (Å²) in [5, 5.41) is 8.14. The highest BCUT2D eigenvalue weighted by atomic mass is 35.5. The van der Waals surface area contributed by atoms with Gasteiger partial charge in [0.05, 0.1) is 10.7 Å². The zero-order valence-corrected chi connectivity index (χ0v) is 21.9. The van der Waals surface area contributed by atoms with E-state index in [4.69, 9.17) is 37.8 Å². The van der Waals surface area contributed by atoms with Gasteiger partial charge in [-0.05, 0) is 25.0 Å². The van der Waals surface area contributed by atoms with E-state index in [1.165, 1.54) is 17.4 Å². The number of thiazole rings is 1. The maximum atomic E-state index is 12.8. The zero-order chi connectivity index (χ0) is 26.9. The molecule has 2 aromatic heterocycles. The Morgan fingerprint density at radius 3 is 2.61 bits per heavy atom. The van der Waals surface area contributed by atoms with Gasteiger partial charge in [0.25, 0.3) is 5.91 Å². The predicted molar refractivity (Wildman–Crippen MR) is 135 cm³/mol. The Labute approximate surface area is 229 Å². The standard InChI is InChI=1S/C24H20Cl2F3N5O3S/c25-14-2-1-3-15(26)21(14)18-10-16(33-37-18)17-12-38-22(31-17)13-5-8-34(9-6-13)20(35)11-36-19-4-7-30-23(32-19)24(27,28)29/h1-4,7,12-13,18H,5-6,8-11H2.